The minimum Gasteiger partial charge on any atom is -0.508 e. The molecule has 4 aromatic rings. The van der Waals surface area contributed by atoms with Crippen molar-refractivity contribution in [2.24, 2.45) is 0 Å². The molecule has 0 spiro atoms. The summed E-state index contributed by atoms with van der Waals surface area (Å²) in [5, 5.41) is 10.0. The Morgan fingerprint density at radius 1 is 1.03 bits per heavy atom. The molecule has 0 amide bonds. The number of nitrogen functional groups attached to an aromatic ring is 1. The lowest BCUT2D eigenvalue weighted by atomic mass is 9.83. The SMILES string of the molecule is COc1ccccc1[C@H]1c2ccc(O)cc2Oc2nc[n+](Cc3ccccc3)c(N)c21. The van der Waals surface area contributed by atoms with E-state index in [2.05, 4.69) is 17.1 Å². The molecule has 1 atom stereocenters. The van der Waals surface area contributed by atoms with Crippen molar-refractivity contribution in [1.82, 2.24) is 4.98 Å². The van der Waals surface area contributed by atoms with Gasteiger partial charge in [-0.15, -0.1) is 0 Å². The van der Waals surface area contributed by atoms with Crippen molar-refractivity contribution in [3.05, 3.63) is 101 Å². The summed E-state index contributed by atoms with van der Waals surface area (Å²) >= 11 is 0. The van der Waals surface area contributed by atoms with Gasteiger partial charge in [-0.3, -0.25) is 0 Å². The maximum atomic E-state index is 10.0. The van der Waals surface area contributed by atoms with E-state index in [0.717, 1.165) is 28.0 Å². The van der Waals surface area contributed by atoms with Crippen molar-refractivity contribution in [2.45, 2.75) is 12.5 Å². The summed E-state index contributed by atoms with van der Waals surface area (Å²) in [5.74, 6) is 2.17. The van der Waals surface area contributed by atoms with Crippen LogP contribution in [0.4, 0.5) is 5.82 Å². The van der Waals surface area contributed by atoms with E-state index in [9.17, 15) is 5.11 Å². The maximum Gasteiger partial charge on any atom is 0.306 e. The zero-order chi connectivity index (χ0) is 21.4. The molecule has 5 rings (SSSR count). The first-order valence-electron chi connectivity index (χ1n) is 10.0. The fourth-order valence-corrected chi connectivity index (χ4v) is 4.11. The van der Waals surface area contributed by atoms with Gasteiger partial charge in [-0.1, -0.05) is 59.6 Å². The summed E-state index contributed by atoms with van der Waals surface area (Å²) in [6.07, 6.45) is 1.69. The number of hydrogen-bond donors (Lipinski definition) is 2. The number of fused-ring (bicyclic) bond motifs is 2. The number of nitrogens with two attached hydrogens (primary N) is 1. The Morgan fingerprint density at radius 3 is 2.61 bits per heavy atom. The highest BCUT2D eigenvalue weighted by Crippen LogP contribution is 2.50. The molecule has 0 unspecified atom stereocenters. The van der Waals surface area contributed by atoms with E-state index >= 15 is 0 Å². The van der Waals surface area contributed by atoms with Crippen molar-refractivity contribution < 1.29 is 19.1 Å². The summed E-state index contributed by atoms with van der Waals surface area (Å²) in [6.45, 7) is 0.591. The van der Waals surface area contributed by atoms with Crippen molar-refractivity contribution in [1.29, 1.82) is 0 Å². The zero-order valence-electron chi connectivity index (χ0n) is 17.0. The molecule has 3 aromatic carbocycles. The molecule has 1 aliphatic heterocycles. The van der Waals surface area contributed by atoms with E-state index in [0.29, 0.717) is 24.0 Å². The van der Waals surface area contributed by atoms with E-state index in [1.165, 1.54) is 0 Å². The molecule has 6 heteroatoms. The van der Waals surface area contributed by atoms with E-state index < -0.39 is 0 Å². The fourth-order valence-electron chi connectivity index (χ4n) is 4.11. The third-order valence-corrected chi connectivity index (χ3v) is 5.58. The smallest absolute Gasteiger partial charge is 0.306 e. The summed E-state index contributed by atoms with van der Waals surface area (Å²) in [7, 11) is 1.65. The van der Waals surface area contributed by atoms with Crippen molar-refractivity contribution in [3.63, 3.8) is 0 Å². The second-order valence-electron chi connectivity index (χ2n) is 7.46. The van der Waals surface area contributed by atoms with Crippen LogP contribution in [0.3, 0.4) is 0 Å². The van der Waals surface area contributed by atoms with Gasteiger partial charge in [0.2, 0.25) is 12.1 Å². The standard InChI is InChI=1S/C25H21N3O3/c1-30-20-10-6-5-9-18(20)22-19-12-11-17(29)13-21(19)31-25-23(22)24(26)28(15-27-25)14-16-7-3-2-4-8-16/h2-13,15,22,26,29H,14H2,1H3/p+1/t22-/m0/s1. The van der Waals surface area contributed by atoms with Gasteiger partial charge in [-0.05, 0) is 17.7 Å². The van der Waals surface area contributed by atoms with Crippen LogP contribution in [0.5, 0.6) is 23.1 Å². The highest BCUT2D eigenvalue weighted by Gasteiger charge is 2.37. The Bertz CT molecular complexity index is 1260. The summed E-state index contributed by atoms with van der Waals surface area (Å²) in [6, 6.07) is 23.1. The van der Waals surface area contributed by atoms with Gasteiger partial charge in [0.1, 0.15) is 22.8 Å². The third-order valence-electron chi connectivity index (χ3n) is 5.58. The van der Waals surface area contributed by atoms with Crippen LogP contribution in [0.15, 0.2) is 79.1 Å². The average Bonchev–Trinajstić information content (AvgIpc) is 2.80. The Hall–Kier alpha value is -4.06. The third kappa shape index (κ3) is 3.32. The molecule has 1 aromatic heterocycles. The number of methoxy groups -OCH3 is 1. The lowest BCUT2D eigenvalue weighted by molar-refractivity contribution is -0.677. The predicted octanol–water partition coefficient (Wildman–Crippen LogP) is 4.00. The molecule has 154 valence electrons. The second-order valence-corrected chi connectivity index (χ2v) is 7.46. The number of anilines is 1. The minimum absolute atomic E-state index is 0.129. The number of rotatable bonds is 4. The van der Waals surface area contributed by atoms with Gasteiger partial charge in [0.25, 0.3) is 0 Å². The Balaban J connectivity index is 1.71. The van der Waals surface area contributed by atoms with Gasteiger partial charge in [0, 0.05) is 17.2 Å². The molecular formula is C25H22N3O3+. The lowest BCUT2D eigenvalue weighted by Gasteiger charge is -2.28. The maximum absolute atomic E-state index is 10.0. The molecule has 3 N–H and O–H groups in total. The first-order chi connectivity index (χ1) is 15.2. The highest BCUT2D eigenvalue weighted by atomic mass is 16.5. The molecule has 31 heavy (non-hydrogen) atoms. The van der Waals surface area contributed by atoms with Gasteiger partial charge in [-0.25, -0.2) is 4.57 Å². The van der Waals surface area contributed by atoms with Gasteiger partial charge in [0.05, 0.1) is 19.6 Å². The van der Waals surface area contributed by atoms with Gasteiger partial charge in [-0.2, -0.15) is 0 Å². The number of aromatic hydroxyl groups is 1. The highest BCUT2D eigenvalue weighted by molar-refractivity contribution is 5.63. The molecule has 0 saturated heterocycles. The van der Waals surface area contributed by atoms with Crippen molar-refractivity contribution in [3.8, 4) is 23.1 Å². The molecule has 0 saturated carbocycles. The van der Waals surface area contributed by atoms with Crippen molar-refractivity contribution in [2.75, 3.05) is 12.8 Å². The first kappa shape index (κ1) is 18.9. The molecular weight excluding hydrogens is 390 g/mol. The van der Waals surface area contributed by atoms with Gasteiger partial charge in [0.15, 0.2) is 0 Å². The zero-order valence-corrected chi connectivity index (χ0v) is 17.0. The normalized spacial score (nSPS) is 14.3. The quantitative estimate of drug-likeness (QED) is 0.436. The minimum atomic E-state index is -0.258. The van der Waals surface area contributed by atoms with Crippen LogP contribution >= 0.6 is 0 Å². The average molecular weight is 412 g/mol. The Morgan fingerprint density at radius 2 is 1.81 bits per heavy atom. The Kier molecular flexibility index (Phi) is 4.67. The topological polar surface area (TPSA) is 81.5 Å². The van der Waals surface area contributed by atoms with Crippen LogP contribution in [-0.4, -0.2) is 17.2 Å². The molecule has 1 aliphatic rings. The number of para-hydroxylation sites is 1. The van der Waals surface area contributed by atoms with E-state index in [4.69, 9.17) is 15.2 Å². The number of phenolic OH excluding ortho intramolecular Hbond substituents is 1. The molecule has 0 bridgehead atoms. The van der Waals surface area contributed by atoms with Crippen molar-refractivity contribution >= 4 is 5.82 Å². The monoisotopic (exact) mass is 412 g/mol. The summed E-state index contributed by atoms with van der Waals surface area (Å²) in [4.78, 5) is 4.57. The van der Waals surface area contributed by atoms with Crippen LogP contribution in [0.25, 0.3) is 0 Å². The van der Waals surface area contributed by atoms with Crippen LogP contribution in [0.1, 0.15) is 28.2 Å². The number of phenols is 1. The number of ether oxygens (including phenoxy) is 2. The number of nitrogens with zero attached hydrogens (tertiary/aromatic N) is 2. The first-order valence-corrected chi connectivity index (χ1v) is 10.0. The molecule has 6 nitrogen and oxygen atoms in total. The van der Waals surface area contributed by atoms with Crippen LogP contribution in [0.2, 0.25) is 0 Å². The largest absolute Gasteiger partial charge is 0.508 e. The van der Waals surface area contributed by atoms with E-state index in [1.54, 1.807) is 25.6 Å². The van der Waals surface area contributed by atoms with Crippen LogP contribution < -0.4 is 19.8 Å². The van der Waals surface area contributed by atoms with E-state index in [1.807, 2.05) is 53.1 Å². The number of hydrogen-bond acceptors (Lipinski definition) is 5. The molecule has 2 heterocycles. The fraction of sp³-hybridized carbons (Fsp3) is 0.120. The predicted molar refractivity (Wildman–Crippen MR) is 117 cm³/mol. The van der Waals surface area contributed by atoms with Crippen LogP contribution in [0, 0.1) is 0 Å². The van der Waals surface area contributed by atoms with Crippen LogP contribution in [-0.2, 0) is 6.54 Å². The molecule has 0 radical (unpaired) electrons. The summed E-state index contributed by atoms with van der Waals surface area (Å²) < 4.78 is 13.6. The second kappa shape index (κ2) is 7.65. The van der Waals surface area contributed by atoms with Gasteiger partial charge >= 0.3 is 5.88 Å². The molecule has 0 fully saturated rings. The summed E-state index contributed by atoms with van der Waals surface area (Å²) in [5.41, 5.74) is 10.5. The number of benzene rings is 3. The van der Waals surface area contributed by atoms with Gasteiger partial charge < -0.3 is 20.3 Å². The lowest BCUT2D eigenvalue weighted by Crippen LogP contribution is -2.40. The van der Waals surface area contributed by atoms with E-state index in [-0.39, 0.29) is 11.7 Å². The Labute approximate surface area is 180 Å². The number of aromatic nitrogens is 2. The molecule has 0 aliphatic carbocycles.